The van der Waals surface area contributed by atoms with Crippen molar-refractivity contribution < 1.29 is 5.11 Å². The van der Waals surface area contributed by atoms with Gasteiger partial charge in [-0.1, -0.05) is 36.8 Å². The molecule has 0 radical (unpaired) electrons. The topological polar surface area (TPSA) is 32.3 Å². The van der Waals surface area contributed by atoms with Gasteiger partial charge in [0.25, 0.3) is 0 Å². The second-order valence-electron chi connectivity index (χ2n) is 4.35. The first-order valence-electron chi connectivity index (χ1n) is 5.73. The molecule has 15 heavy (non-hydrogen) atoms. The van der Waals surface area contributed by atoms with Crippen molar-refractivity contribution in [3.63, 3.8) is 0 Å². The molecule has 0 unspecified atom stereocenters. The lowest BCUT2D eigenvalue weighted by atomic mass is 9.91. The van der Waals surface area contributed by atoms with E-state index in [1.807, 2.05) is 37.4 Å². The Labute approximate surface area is 91.3 Å². The van der Waals surface area contributed by atoms with Gasteiger partial charge in [-0.2, -0.15) is 0 Å². The number of rotatable bonds is 3. The lowest BCUT2D eigenvalue weighted by molar-refractivity contribution is 0.0971. The minimum absolute atomic E-state index is 0.314. The number of hydrogen-bond donors (Lipinski definition) is 2. The fourth-order valence-electron chi connectivity index (χ4n) is 2.62. The van der Waals surface area contributed by atoms with Gasteiger partial charge in [0.15, 0.2) is 0 Å². The van der Waals surface area contributed by atoms with Gasteiger partial charge in [-0.25, -0.2) is 0 Å². The molecule has 0 amide bonds. The Morgan fingerprint density at radius 3 is 2.67 bits per heavy atom. The largest absolute Gasteiger partial charge is 0.388 e. The maximum atomic E-state index is 10.3. The zero-order valence-corrected chi connectivity index (χ0v) is 9.19. The van der Waals surface area contributed by atoms with Crippen LogP contribution in [0, 0.1) is 5.92 Å². The molecule has 1 aromatic rings. The highest BCUT2D eigenvalue weighted by molar-refractivity contribution is 5.18. The molecule has 1 aromatic carbocycles. The van der Waals surface area contributed by atoms with Crippen LogP contribution in [-0.4, -0.2) is 18.2 Å². The minimum Gasteiger partial charge on any atom is -0.388 e. The van der Waals surface area contributed by atoms with Crippen LogP contribution < -0.4 is 5.32 Å². The summed E-state index contributed by atoms with van der Waals surface area (Å²) < 4.78 is 0. The van der Waals surface area contributed by atoms with E-state index in [4.69, 9.17) is 0 Å². The van der Waals surface area contributed by atoms with E-state index in [0.29, 0.717) is 12.0 Å². The first-order chi connectivity index (χ1) is 7.33. The molecule has 2 nitrogen and oxygen atoms in total. The maximum absolute atomic E-state index is 10.3. The summed E-state index contributed by atoms with van der Waals surface area (Å²) in [5.74, 6) is 0.373. The van der Waals surface area contributed by atoms with E-state index in [9.17, 15) is 5.11 Å². The normalized spacial score (nSPS) is 27.9. The Morgan fingerprint density at radius 2 is 2.00 bits per heavy atom. The summed E-state index contributed by atoms with van der Waals surface area (Å²) in [6.07, 6.45) is 3.22. The predicted octanol–water partition coefficient (Wildman–Crippen LogP) is 2.11. The number of nitrogens with one attached hydrogen (secondary N) is 1. The Bertz CT molecular complexity index is 299. The molecule has 1 fully saturated rings. The zero-order valence-electron chi connectivity index (χ0n) is 9.19. The molecule has 0 spiro atoms. The average Bonchev–Trinajstić information content (AvgIpc) is 2.77. The van der Waals surface area contributed by atoms with Gasteiger partial charge in [0.2, 0.25) is 0 Å². The van der Waals surface area contributed by atoms with E-state index in [-0.39, 0.29) is 6.10 Å². The highest BCUT2D eigenvalue weighted by atomic mass is 16.3. The molecule has 1 saturated carbocycles. The van der Waals surface area contributed by atoms with Crippen molar-refractivity contribution in [2.75, 3.05) is 7.05 Å². The van der Waals surface area contributed by atoms with Crippen LogP contribution >= 0.6 is 0 Å². The molecular formula is C13H19NO. The van der Waals surface area contributed by atoms with Crippen molar-refractivity contribution in [3.05, 3.63) is 35.9 Å². The fourth-order valence-corrected chi connectivity index (χ4v) is 2.62. The SMILES string of the molecule is CN[C@H]1CCC[C@H]1[C@H](O)c1ccccc1. The summed E-state index contributed by atoms with van der Waals surface area (Å²) in [6, 6.07) is 10.5. The van der Waals surface area contributed by atoms with E-state index in [0.717, 1.165) is 12.0 Å². The van der Waals surface area contributed by atoms with Gasteiger partial charge in [0, 0.05) is 12.0 Å². The summed E-state index contributed by atoms with van der Waals surface area (Å²) in [5, 5.41) is 13.6. The van der Waals surface area contributed by atoms with E-state index >= 15 is 0 Å². The van der Waals surface area contributed by atoms with Gasteiger partial charge in [-0.3, -0.25) is 0 Å². The van der Waals surface area contributed by atoms with Crippen molar-refractivity contribution in [1.29, 1.82) is 0 Å². The molecule has 82 valence electrons. The van der Waals surface area contributed by atoms with Crippen LogP contribution in [0.4, 0.5) is 0 Å². The maximum Gasteiger partial charge on any atom is 0.0833 e. The monoisotopic (exact) mass is 205 g/mol. The molecule has 0 aromatic heterocycles. The lowest BCUT2D eigenvalue weighted by Gasteiger charge is -2.24. The second-order valence-corrected chi connectivity index (χ2v) is 4.35. The molecule has 2 rings (SSSR count). The molecule has 3 atom stereocenters. The van der Waals surface area contributed by atoms with E-state index < -0.39 is 0 Å². The number of aliphatic hydroxyl groups excluding tert-OH is 1. The second kappa shape index (κ2) is 4.77. The van der Waals surface area contributed by atoms with Crippen molar-refractivity contribution in [2.45, 2.75) is 31.4 Å². The summed E-state index contributed by atoms with van der Waals surface area (Å²) in [7, 11) is 1.99. The van der Waals surface area contributed by atoms with Crippen molar-refractivity contribution in [1.82, 2.24) is 5.32 Å². The molecule has 0 aliphatic heterocycles. The Kier molecular flexibility index (Phi) is 3.39. The summed E-state index contributed by atoms with van der Waals surface area (Å²) in [4.78, 5) is 0. The van der Waals surface area contributed by atoms with E-state index in [2.05, 4.69) is 5.32 Å². The van der Waals surface area contributed by atoms with Gasteiger partial charge >= 0.3 is 0 Å². The zero-order chi connectivity index (χ0) is 10.7. The molecule has 1 aliphatic rings. The standard InChI is InChI=1S/C13H19NO/c1-14-12-9-5-8-11(12)13(15)10-6-3-2-4-7-10/h2-4,6-7,11-15H,5,8-9H2,1H3/t11-,12+,13-/m1/s1. The van der Waals surface area contributed by atoms with E-state index in [1.54, 1.807) is 0 Å². The highest BCUT2D eigenvalue weighted by Crippen LogP contribution is 2.35. The number of benzene rings is 1. The molecule has 0 saturated heterocycles. The third-order valence-electron chi connectivity index (χ3n) is 3.49. The quantitative estimate of drug-likeness (QED) is 0.792. The third kappa shape index (κ3) is 2.21. The molecule has 2 heteroatoms. The van der Waals surface area contributed by atoms with Crippen LogP contribution in [-0.2, 0) is 0 Å². The molecule has 0 heterocycles. The molecular weight excluding hydrogens is 186 g/mol. The summed E-state index contributed by atoms with van der Waals surface area (Å²) >= 11 is 0. The Morgan fingerprint density at radius 1 is 1.27 bits per heavy atom. The lowest BCUT2D eigenvalue weighted by Crippen LogP contribution is -2.32. The predicted molar refractivity (Wildman–Crippen MR) is 61.6 cm³/mol. The van der Waals surface area contributed by atoms with E-state index in [1.165, 1.54) is 12.8 Å². The molecule has 2 N–H and O–H groups in total. The third-order valence-corrected chi connectivity index (χ3v) is 3.49. The Hall–Kier alpha value is -0.860. The van der Waals surface area contributed by atoms with Crippen molar-refractivity contribution >= 4 is 0 Å². The molecule has 1 aliphatic carbocycles. The molecule has 0 bridgehead atoms. The van der Waals surface area contributed by atoms with Crippen LogP contribution in [0.3, 0.4) is 0 Å². The van der Waals surface area contributed by atoms with Crippen LogP contribution in [0.5, 0.6) is 0 Å². The first-order valence-corrected chi connectivity index (χ1v) is 5.73. The van der Waals surface area contributed by atoms with Crippen LogP contribution in [0.1, 0.15) is 30.9 Å². The smallest absolute Gasteiger partial charge is 0.0833 e. The van der Waals surface area contributed by atoms with Crippen LogP contribution in [0.2, 0.25) is 0 Å². The first kappa shape index (κ1) is 10.7. The van der Waals surface area contributed by atoms with Crippen molar-refractivity contribution in [2.24, 2.45) is 5.92 Å². The average molecular weight is 205 g/mol. The summed E-state index contributed by atoms with van der Waals surface area (Å²) in [6.45, 7) is 0. The number of hydrogen-bond acceptors (Lipinski definition) is 2. The fraction of sp³-hybridized carbons (Fsp3) is 0.538. The van der Waals surface area contributed by atoms with Crippen LogP contribution in [0.15, 0.2) is 30.3 Å². The summed E-state index contributed by atoms with van der Waals surface area (Å²) in [5.41, 5.74) is 1.05. The minimum atomic E-state index is -0.314. The van der Waals surface area contributed by atoms with Gasteiger partial charge in [0.1, 0.15) is 0 Å². The van der Waals surface area contributed by atoms with Gasteiger partial charge in [-0.15, -0.1) is 0 Å². The van der Waals surface area contributed by atoms with Gasteiger partial charge in [0.05, 0.1) is 6.10 Å². The van der Waals surface area contributed by atoms with Gasteiger partial charge in [-0.05, 0) is 25.5 Å². The number of aliphatic hydroxyl groups is 1. The van der Waals surface area contributed by atoms with Crippen molar-refractivity contribution in [3.8, 4) is 0 Å². The Balaban J connectivity index is 2.10. The highest BCUT2D eigenvalue weighted by Gasteiger charge is 2.32. The van der Waals surface area contributed by atoms with Gasteiger partial charge < -0.3 is 10.4 Å². The van der Waals surface area contributed by atoms with Crippen LogP contribution in [0.25, 0.3) is 0 Å².